The molecule has 0 aliphatic heterocycles. The van der Waals surface area contributed by atoms with Crippen molar-refractivity contribution in [3.63, 3.8) is 0 Å². The molecule has 29 heavy (non-hydrogen) atoms. The highest BCUT2D eigenvalue weighted by atomic mass is 79.9. The fourth-order valence-electron chi connectivity index (χ4n) is 2.76. The van der Waals surface area contributed by atoms with E-state index in [1.165, 1.54) is 12.1 Å². The summed E-state index contributed by atoms with van der Waals surface area (Å²) in [7, 11) is 0. The Bertz CT molecular complexity index is 1200. The quantitative estimate of drug-likeness (QED) is 0.470. The molecule has 10 heteroatoms. The lowest BCUT2D eigenvalue weighted by molar-refractivity contribution is 0.102. The average Bonchev–Trinajstić information content (AvgIpc) is 3.29. The van der Waals surface area contributed by atoms with Crippen molar-refractivity contribution in [2.45, 2.75) is 13.8 Å². The SMILES string of the molecule is Cc1cc(F)ccc1-n1nnc(-c2nsc(NC(=O)c3ccc(Br)cc3)n2)c1C. The van der Waals surface area contributed by atoms with Crippen LogP contribution in [0.25, 0.3) is 17.2 Å². The van der Waals surface area contributed by atoms with Crippen LogP contribution >= 0.6 is 27.5 Å². The van der Waals surface area contributed by atoms with Gasteiger partial charge in [0.1, 0.15) is 5.82 Å². The number of carbonyl (C=O) groups excluding carboxylic acids is 1. The number of rotatable bonds is 4. The molecular formula is C19H14BrFN6OS. The van der Waals surface area contributed by atoms with E-state index in [0.717, 1.165) is 27.3 Å². The number of nitrogens with one attached hydrogen (secondary N) is 1. The number of anilines is 1. The summed E-state index contributed by atoms with van der Waals surface area (Å²) < 4.78 is 20.2. The Hall–Kier alpha value is -2.98. The standard InChI is InChI=1S/C19H14BrFN6OS/c1-10-9-14(21)7-8-15(10)27-11(2)16(24-26-27)17-22-19(29-25-17)23-18(28)12-3-5-13(20)6-4-12/h3-9H,1-2H3,(H,22,23,25,28). The molecule has 0 aliphatic rings. The van der Waals surface area contributed by atoms with Gasteiger partial charge in [0.25, 0.3) is 5.91 Å². The summed E-state index contributed by atoms with van der Waals surface area (Å²) in [5.41, 5.74) is 3.18. The fraction of sp³-hybridized carbons (Fsp3) is 0.105. The molecule has 7 nitrogen and oxygen atoms in total. The number of hydrogen-bond donors (Lipinski definition) is 1. The van der Waals surface area contributed by atoms with E-state index in [-0.39, 0.29) is 11.7 Å². The molecular weight excluding hydrogens is 459 g/mol. The maximum Gasteiger partial charge on any atom is 0.257 e. The molecule has 0 aliphatic carbocycles. The van der Waals surface area contributed by atoms with Crippen LogP contribution in [-0.4, -0.2) is 30.3 Å². The molecule has 2 aromatic heterocycles. The van der Waals surface area contributed by atoms with Crippen LogP contribution in [-0.2, 0) is 0 Å². The highest BCUT2D eigenvalue weighted by Gasteiger charge is 2.18. The molecule has 0 spiro atoms. The normalized spacial score (nSPS) is 10.9. The molecule has 0 bridgehead atoms. The topological polar surface area (TPSA) is 85.6 Å². The second kappa shape index (κ2) is 7.80. The van der Waals surface area contributed by atoms with Gasteiger partial charge >= 0.3 is 0 Å². The number of aryl methyl sites for hydroxylation is 1. The van der Waals surface area contributed by atoms with Crippen molar-refractivity contribution in [1.29, 1.82) is 0 Å². The summed E-state index contributed by atoms with van der Waals surface area (Å²) in [6.07, 6.45) is 0. The fourth-order valence-corrected chi connectivity index (χ4v) is 3.59. The third kappa shape index (κ3) is 3.94. The Morgan fingerprint density at radius 2 is 1.93 bits per heavy atom. The first-order valence-corrected chi connectivity index (χ1v) is 10.1. The second-order valence-corrected chi connectivity index (χ2v) is 7.92. The molecule has 0 saturated carbocycles. The van der Waals surface area contributed by atoms with Crippen molar-refractivity contribution < 1.29 is 9.18 Å². The van der Waals surface area contributed by atoms with Crippen molar-refractivity contribution in [2.75, 3.05) is 5.32 Å². The molecule has 2 heterocycles. The number of nitrogens with zero attached hydrogens (tertiary/aromatic N) is 5. The van der Waals surface area contributed by atoms with Crippen LogP contribution in [0.5, 0.6) is 0 Å². The zero-order valence-electron chi connectivity index (χ0n) is 15.3. The molecule has 0 saturated heterocycles. The van der Waals surface area contributed by atoms with Crippen molar-refractivity contribution in [2.24, 2.45) is 0 Å². The van der Waals surface area contributed by atoms with E-state index in [1.807, 2.05) is 6.92 Å². The monoisotopic (exact) mass is 472 g/mol. The van der Waals surface area contributed by atoms with Crippen LogP contribution < -0.4 is 5.32 Å². The summed E-state index contributed by atoms with van der Waals surface area (Å²) in [5.74, 6) is -0.219. The van der Waals surface area contributed by atoms with E-state index >= 15 is 0 Å². The molecule has 4 rings (SSSR count). The number of hydrogen-bond acceptors (Lipinski definition) is 6. The summed E-state index contributed by atoms with van der Waals surface area (Å²) in [6, 6.07) is 11.5. The average molecular weight is 473 g/mol. The Morgan fingerprint density at radius 1 is 1.17 bits per heavy atom. The van der Waals surface area contributed by atoms with Gasteiger partial charge in [-0.1, -0.05) is 21.1 Å². The summed E-state index contributed by atoms with van der Waals surface area (Å²) in [4.78, 5) is 16.7. The van der Waals surface area contributed by atoms with Crippen molar-refractivity contribution in [3.05, 3.63) is 69.6 Å². The molecule has 0 radical (unpaired) electrons. The molecule has 0 unspecified atom stereocenters. The molecule has 0 fully saturated rings. The highest BCUT2D eigenvalue weighted by Crippen LogP contribution is 2.25. The highest BCUT2D eigenvalue weighted by molar-refractivity contribution is 9.10. The van der Waals surface area contributed by atoms with E-state index < -0.39 is 0 Å². The predicted molar refractivity (Wildman–Crippen MR) is 112 cm³/mol. The maximum atomic E-state index is 13.4. The molecule has 4 aromatic rings. The van der Waals surface area contributed by atoms with Crippen LogP contribution in [0.4, 0.5) is 9.52 Å². The summed E-state index contributed by atoms with van der Waals surface area (Å²) in [5, 5.41) is 11.4. The number of halogens is 2. The minimum atomic E-state index is -0.309. The lowest BCUT2D eigenvalue weighted by Gasteiger charge is -2.06. The zero-order valence-corrected chi connectivity index (χ0v) is 17.8. The molecule has 0 atom stereocenters. The van der Waals surface area contributed by atoms with Crippen LogP contribution in [0.1, 0.15) is 21.6 Å². The Morgan fingerprint density at radius 3 is 2.66 bits per heavy atom. The molecule has 146 valence electrons. The van der Waals surface area contributed by atoms with Gasteiger partial charge in [-0.25, -0.2) is 9.07 Å². The van der Waals surface area contributed by atoms with E-state index in [1.54, 1.807) is 41.9 Å². The van der Waals surface area contributed by atoms with Gasteiger partial charge in [-0.3, -0.25) is 10.1 Å². The first kappa shape index (κ1) is 19.3. The second-order valence-electron chi connectivity index (χ2n) is 6.25. The van der Waals surface area contributed by atoms with Gasteiger partial charge in [0.05, 0.1) is 11.4 Å². The van der Waals surface area contributed by atoms with Crippen molar-refractivity contribution in [1.82, 2.24) is 24.4 Å². The van der Waals surface area contributed by atoms with Gasteiger partial charge in [-0.05, 0) is 61.9 Å². The minimum Gasteiger partial charge on any atom is -0.297 e. The Kier molecular flexibility index (Phi) is 5.20. The molecule has 1 amide bonds. The van der Waals surface area contributed by atoms with E-state index in [4.69, 9.17) is 0 Å². The summed E-state index contributed by atoms with van der Waals surface area (Å²) >= 11 is 4.40. The largest absolute Gasteiger partial charge is 0.297 e. The van der Waals surface area contributed by atoms with E-state index in [9.17, 15) is 9.18 Å². The Balaban J connectivity index is 1.58. The van der Waals surface area contributed by atoms with E-state index in [2.05, 4.69) is 40.9 Å². The maximum absolute atomic E-state index is 13.4. The van der Waals surface area contributed by atoms with Crippen molar-refractivity contribution in [3.8, 4) is 17.2 Å². The van der Waals surface area contributed by atoms with E-state index in [0.29, 0.717) is 27.9 Å². The first-order valence-electron chi connectivity index (χ1n) is 8.52. The van der Waals surface area contributed by atoms with Crippen LogP contribution in [0.15, 0.2) is 46.9 Å². The number of carbonyl (C=O) groups is 1. The lowest BCUT2D eigenvalue weighted by Crippen LogP contribution is -2.11. The van der Waals surface area contributed by atoms with Gasteiger partial charge in [-0.2, -0.15) is 9.36 Å². The van der Waals surface area contributed by atoms with Crippen LogP contribution in [0.2, 0.25) is 0 Å². The summed E-state index contributed by atoms with van der Waals surface area (Å²) in [6.45, 7) is 3.63. The van der Waals surface area contributed by atoms with Gasteiger partial charge in [-0.15, -0.1) is 5.10 Å². The number of amides is 1. The number of aromatic nitrogens is 5. The predicted octanol–water partition coefficient (Wildman–Crippen LogP) is 4.56. The number of benzene rings is 2. The minimum absolute atomic E-state index is 0.275. The van der Waals surface area contributed by atoms with Gasteiger partial charge in [0.2, 0.25) is 5.13 Å². The lowest BCUT2D eigenvalue weighted by atomic mass is 10.2. The Labute approximate surface area is 177 Å². The van der Waals surface area contributed by atoms with Gasteiger partial charge < -0.3 is 0 Å². The third-order valence-corrected chi connectivity index (χ3v) is 5.41. The van der Waals surface area contributed by atoms with Crippen LogP contribution in [0, 0.1) is 19.7 Å². The third-order valence-electron chi connectivity index (χ3n) is 4.25. The first-order chi connectivity index (χ1) is 13.9. The van der Waals surface area contributed by atoms with Crippen molar-refractivity contribution >= 4 is 38.5 Å². The molecule has 2 aromatic carbocycles. The zero-order chi connectivity index (χ0) is 20.5. The van der Waals surface area contributed by atoms with Gasteiger partial charge in [0, 0.05) is 21.6 Å². The van der Waals surface area contributed by atoms with Crippen LogP contribution in [0.3, 0.4) is 0 Å². The molecule has 1 N–H and O–H groups in total. The van der Waals surface area contributed by atoms with Gasteiger partial charge in [0.15, 0.2) is 11.5 Å². The smallest absolute Gasteiger partial charge is 0.257 e.